The maximum Gasteiger partial charge on any atom is 0.242 e. The Balaban J connectivity index is 1.67. The van der Waals surface area contributed by atoms with Crippen LogP contribution in [0, 0.1) is 6.92 Å². The molecule has 0 unspecified atom stereocenters. The number of hydrogen-bond donors (Lipinski definition) is 0. The summed E-state index contributed by atoms with van der Waals surface area (Å²) in [7, 11) is -3.54. The Morgan fingerprint density at radius 1 is 1.00 bits per heavy atom. The van der Waals surface area contributed by atoms with E-state index in [-0.39, 0.29) is 18.2 Å². The Bertz CT molecular complexity index is 1140. The third kappa shape index (κ3) is 4.22. The van der Waals surface area contributed by atoms with Gasteiger partial charge in [0, 0.05) is 30.2 Å². The highest BCUT2D eigenvalue weighted by molar-refractivity contribution is 7.90. The van der Waals surface area contributed by atoms with Gasteiger partial charge in [0.15, 0.2) is 9.84 Å². The number of benzene rings is 2. The van der Waals surface area contributed by atoms with Crippen LogP contribution in [0.25, 0.3) is 10.9 Å². The first-order chi connectivity index (χ1) is 13.9. The van der Waals surface area contributed by atoms with E-state index < -0.39 is 9.84 Å². The largest absolute Gasteiger partial charge is 0.341 e. The second-order valence-electron chi connectivity index (χ2n) is 7.83. The molecule has 0 bridgehead atoms. The molecule has 0 aliphatic carbocycles. The van der Waals surface area contributed by atoms with Gasteiger partial charge in [0.1, 0.15) is 6.54 Å². The van der Waals surface area contributed by atoms with Crippen LogP contribution in [0.15, 0.2) is 59.6 Å². The zero-order valence-corrected chi connectivity index (χ0v) is 17.5. The molecule has 152 valence electrons. The summed E-state index contributed by atoms with van der Waals surface area (Å²) in [6, 6.07) is 15.0. The molecule has 0 saturated carbocycles. The molecule has 1 aliphatic rings. The number of piperidine rings is 1. The lowest BCUT2D eigenvalue weighted by atomic mass is 10.1. The maximum absolute atomic E-state index is 13.2. The van der Waals surface area contributed by atoms with Crippen molar-refractivity contribution >= 4 is 26.6 Å². The first kappa shape index (κ1) is 19.7. The second kappa shape index (κ2) is 8.03. The van der Waals surface area contributed by atoms with E-state index in [4.69, 9.17) is 0 Å². The summed E-state index contributed by atoms with van der Waals surface area (Å²) in [5.74, 6) is -0.00367. The quantitative estimate of drug-likeness (QED) is 0.640. The molecule has 1 aliphatic heterocycles. The predicted molar refractivity (Wildman–Crippen MR) is 114 cm³/mol. The van der Waals surface area contributed by atoms with E-state index in [9.17, 15) is 13.2 Å². The fourth-order valence-corrected chi connectivity index (χ4v) is 5.65. The highest BCUT2D eigenvalue weighted by Gasteiger charge is 2.24. The van der Waals surface area contributed by atoms with Crippen LogP contribution in [-0.2, 0) is 26.9 Å². The topological polar surface area (TPSA) is 59.4 Å². The molecule has 6 heteroatoms. The molecule has 1 fully saturated rings. The Morgan fingerprint density at radius 2 is 1.76 bits per heavy atom. The maximum atomic E-state index is 13.2. The number of para-hydroxylation sites is 1. The van der Waals surface area contributed by atoms with Crippen molar-refractivity contribution in [3.8, 4) is 0 Å². The molecular formula is C23H26N2O3S. The van der Waals surface area contributed by atoms with Crippen molar-refractivity contribution in [3.05, 3.63) is 65.9 Å². The standard InChI is InChI=1S/C23H26N2O3S/c1-18-8-7-9-19(14-18)17-29(27,28)22-15-25(21-11-4-3-10-20(21)22)16-23(26)24-12-5-2-6-13-24/h3-4,7-11,14-15H,2,5-6,12-13,16-17H2,1H3. The van der Waals surface area contributed by atoms with E-state index in [1.165, 1.54) is 0 Å². The summed E-state index contributed by atoms with van der Waals surface area (Å²) >= 11 is 0. The normalized spacial score (nSPS) is 15.0. The van der Waals surface area contributed by atoms with Crippen molar-refractivity contribution < 1.29 is 13.2 Å². The summed E-state index contributed by atoms with van der Waals surface area (Å²) in [4.78, 5) is 14.9. The first-order valence-corrected chi connectivity index (χ1v) is 11.7. The van der Waals surface area contributed by atoms with Crippen LogP contribution in [0.4, 0.5) is 0 Å². The summed E-state index contributed by atoms with van der Waals surface area (Å²) in [6.45, 7) is 3.70. The highest BCUT2D eigenvalue weighted by atomic mass is 32.2. The van der Waals surface area contributed by atoms with Gasteiger partial charge in [-0.1, -0.05) is 48.0 Å². The Hall–Kier alpha value is -2.60. The molecule has 0 radical (unpaired) electrons. The Labute approximate surface area is 171 Å². The van der Waals surface area contributed by atoms with Crippen LogP contribution in [-0.4, -0.2) is 36.9 Å². The molecule has 0 spiro atoms. The monoisotopic (exact) mass is 410 g/mol. The van der Waals surface area contributed by atoms with Crippen molar-refractivity contribution in [2.45, 2.75) is 43.4 Å². The van der Waals surface area contributed by atoms with E-state index in [1.807, 2.05) is 60.4 Å². The number of likely N-dealkylation sites (tertiary alicyclic amines) is 1. The number of carbonyl (C=O) groups excluding carboxylic acids is 1. The van der Waals surface area contributed by atoms with E-state index in [0.29, 0.717) is 10.3 Å². The van der Waals surface area contributed by atoms with Crippen LogP contribution in [0.1, 0.15) is 30.4 Å². The molecule has 4 rings (SSSR count). The van der Waals surface area contributed by atoms with E-state index >= 15 is 0 Å². The molecule has 5 nitrogen and oxygen atoms in total. The minimum Gasteiger partial charge on any atom is -0.341 e. The first-order valence-electron chi connectivity index (χ1n) is 10.1. The number of rotatable bonds is 5. The van der Waals surface area contributed by atoms with Gasteiger partial charge in [-0.25, -0.2) is 8.42 Å². The fraction of sp³-hybridized carbons (Fsp3) is 0.348. The minimum absolute atomic E-state index is 0.0492. The van der Waals surface area contributed by atoms with Gasteiger partial charge in [-0.05, 0) is 37.8 Å². The van der Waals surface area contributed by atoms with Crippen LogP contribution in [0.3, 0.4) is 0 Å². The summed E-state index contributed by atoms with van der Waals surface area (Å²) < 4.78 is 28.2. The van der Waals surface area contributed by atoms with Gasteiger partial charge in [-0.3, -0.25) is 4.79 Å². The second-order valence-corrected chi connectivity index (χ2v) is 9.79. The number of nitrogens with zero attached hydrogens (tertiary/aromatic N) is 2. The third-order valence-corrected chi connectivity index (χ3v) is 7.25. The molecule has 29 heavy (non-hydrogen) atoms. The van der Waals surface area contributed by atoms with Crippen molar-refractivity contribution in [3.63, 3.8) is 0 Å². The molecule has 2 aromatic carbocycles. The number of aromatic nitrogens is 1. The van der Waals surface area contributed by atoms with Gasteiger partial charge in [-0.2, -0.15) is 0 Å². The molecule has 0 N–H and O–H groups in total. The molecule has 2 heterocycles. The van der Waals surface area contributed by atoms with Crippen LogP contribution >= 0.6 is 0 Å². The van der Waals surface area contributed by atoms with Crippen LogP contribution in [0.2, 0.25) is 0 Å². The molecule has 0 atom stereocenters. The number of sulfone groups is 1. The van der Waals surface area contributed by atoms with Crippen molar-refractivity contribution in [1.29, 1.82) is 0 Å². The predicted octanol–water partition coefficient (Wildman–Crippen LogP) is 3.94. The smallest absolute Gasteiger partial charge is 0.242 e. The molecular weight excluding hydrogens is 384 g/mol. The van der Waals surface area contributed by atoms with Gasteiger partial charge >= 0.3 is 0 Å². The summed E-state index contributed by atoms with van der Waals surface area (Å²) in [5.41, 5.74) is 2.58. The molecule has 1 amide bonds. The Kier molecular flexibility index (Phi) is 5.46. The minimum atomic E-state index is -3.54. The van der Waals surface area contributed by atoms with E-state index in [2.05, 4.69) is 0 Å². The molecule has 1 saturated heterocycles. The van der Waals surface area contributed by atoms with E-state index in [0.717, 1.165) is 49.0 Å². The van der Waals surface area contributed by atoms with Gasteiger partial charge in [0.2, 0.25) is 5.91 Å². The molecule has 3 aromatic rings. The van der Waals surface area contributed by atoms with Gasteiger partial charge in [0.25, 0.3) is 0 Å². The lowest BCUT2D eigenvalue weighted by Gasteiger charge is -2.27. The highest BCUT2D eigenvalue weighted by Crippen LogP contribution is 2.28. The van der Waals surface area contributed by atoms with Gasteiger partial charge in [0.05, 0.1) is 10.6 Å². The lowest BCUT2D eigenvalue weighted by Crippen LogP contribution is -2.37. The number of aryl methyl sites for hydroxylation is 1. The summed E-state index contributed by atoms with van der Waals surface area (Å²) in [5, 5.41) is 0.673. The third-order valence-electron chi connectivity index (χ3n) is 5.54. The van der Waals surface area contributed by atoms with E-state index in [1.54, 1.807) is 10.8 Å². The summed E-state index contributed by atoms with van der Waals surface area (Å²) in [6.07, 6.45) is 4.87. The average molecular weight is 411 g/mol. The molecule has 1 aromatic heterocycles. The van der Waals surface area contributed by atoms with Crippen LogP contribution < -0.4 is 0 Å². The van der Waals surface area contributed by atoms with Gasteiger partial charge in [-0.15, -0.1) is 0 Å². The number of hydrogen-bond acceptors (Lipinski definition) is 3. The fourth-order valence-electron chi connectivity index (χ4n) is 4.08. The zero-order valence-electron chi connectivity index (χ0n) is 16.7. The SMILES string of the molecule is Cc1cccc(CS(=O)(=O)c2cn(CC(=O)N3CCCCC3)c3ccccc23)c1. The number of amides is 1. The van der Waals surface area contributed by atoms with Crippen molar-refractivity contribution in [2.24, 2.45) is 0 Å². The zero-order chi connectivity index (χ0) is 20.4. The van der Waals surface area contributed by atoms with Crippen molar-refractivity contribution in [2.75, 3.05) is 13.1 Å². The number of carbonyl (C=O) groups is 1. The lowest BCUT2D eigenvalue weighted by molar-refractivity contribution is -0.132. The van der Waals surface area contributed by atoms with Crippen LogP contribution in [0.5, 0.6) is 0 Å². The van der Waals surface area contributed by atoms with Crippen molar-refractivity contribution in [1.82, 2.24) is 9.47 Å². The number of fused-ring (bicyclic) bond motifs is 1. The van der Waals surface area contributed by atoms with Gasteiger partial charge < -0.3 is 9.47 Å². The average Bonchev–Trinajstić information content (AvgIpc) is 3.08. The Morgan fingerprint density at radius 3 is 2.52 bits per heavy atom.